The summed E-state index contributed by atoms with van der Waals surface area (Å²) in [4.78, 5) is 2.22. The Bertz CT molecular complexity index is 816. The highest BCUT2D eigenvalue weighted by molar-refractivity contribution is 5.77. The van der Waals surface area contributed by atoms with Gasteiger partial charge in [-0.1, -0.05) is 13.0 Å². The summed E-state index contributed by atoms with van der Waals surface area (Å²) in [6.45, 7) is 3.42. The van der Waals surface area contributed by atoms with E-state index in [0.29, 0.717) is 23.6 Å². The lowest BCUT2D eigenvalue weighted by atomic mass is 9.90. The van der Waals surface area contributed by atoms with Crippen LogP contribution in [0.3, 0.4) is 0 Å². The summed E-state index contributed by atoms with van der Waals surface area (Å²) < 4.78 is 19.2. The molecule has 2 aliphatic heterocycles. The quantitative estimate of drug-likeness (QED) is 0.891. The number of benzene rings is 1. The third kappa shape index (κ3) is 2.41. The lowest BCUT2D eigenvalue weighted by Crippen LogP contribution is -2.52. The van der Waals surface area contributed by atoms with Gasteiger partial charge in [0.25, 0.3) is 0 Å². The van der Waals surface area contributed by atoms with Gasteiger partial charge < -0.3 is 20.1 Å². The second kappa shape index (κ2) is 5.84. The molecule has 4 rings (SSSR count). The van der Waals surface area contributed by atoms with Gasteiger partial charge in [-0.05, 0) is 31.0 Å². The highest BCUT2D eigenvalue weighted by Gasteiger charge is 2.47. The van der Waals surface area contributed by atoms with E-state index in [2.05, 4.69) is 27.3 Å². The number of hydrogen-bond acceptors (Lipinski definition) is 6. The molecule has 0 bridgehead atoms. The van der Waals surface area contributed by atoms with Crippen molar-refractivity contribution in [2.45, 2.75) is 31.4 Å². The van der Waals surface area contributed by atoms with Gasteiger partial charge in [-0.3, -0.25) is 0 Å². The Morgan fingerprint density at radius 1 is 1.44 bits per heavy atom. The van der Waals surface area contributed by atoms with Gasteiger partial charge in [0.2, 0.25) is 0 Å². The van der Waals surface area contributed by atoms with Crippen LogP contribution in [0.25, 0.3) is 11.3 Å². The second-order valence-corrected chi connectivity index (χ2v) is 6.68. The number of β-amino-alcohol motifs (C(OH)–C–C–N with tert-alkyl or cyclic N) is 1. The number of para-hydroxylation sites is 1. The number of hydrogen-bond donors (Lipinski definition) is 2. The zero-order valence-corrected chi connectivity index (χ0v) is 14.3. The van der Waals surface area contributed by atoms with E-state index in [0.717, 1.165) is 25.1 Å². The molecule has 7 heteroatoms. The maximum atomic E-state index is 14.0. The molecular formula is C18H21FN4O2. The van der Waals surface area contributed by atoms with Crippen molar-refractivity contribution in [2.24, 2.45) is 0 Å². The van der Waals surface area contributed by atoms with Crippen LogP contribution in [0.4, 0.5) is 15.9 Å². The smallest absolute Gasteiger partial charge is 0.172 e. The maximum absolute atomic E-state index is 14.0. The van der Waals surface area contributed by atoms with Crippen molar-refractivity contribution in [3.63, 3.8) is 0 Å². The fourth-order valence-corrected chi connectivity index (χ4v) is 4.01. The average molecular weight is 344 g/mol. The highest BCUT2D eigenvalue weighted by Crippen LogP contribution is 2.44. The summed E-state index contributed by atoms with van der Waals surface area (Å²) in [5.74, 6) is 0.415. The summed E-state index contributed by atoms with van der Waals surface area (Å²) in [5.41, 5.74) is 1.87. The minimum Gasteiger partial charge on any atom is -0.493 e. The minimum absolute atomic E-state index is 0.126. The Hall–Kier alpha value is -2.41. The van der Waals surface area contributed by atoms with Gasteiger partial charge in [-0.25, -0.2) is 4.39 Å². The van der Waals surface area contributed by atoms with Crippen molar-refractivity contribution < 1.29 is 14.2 Å². The predicted octanol–water partition coefficient (Wildman–Crippen LogP) is 2.44. The number of aromatic nitrogens is 2. The molecule has 2 atom stereocenters. The van der Waals surface area contributed by atoms with Gasteiger partial charge in [0.15, 0.2) is 17.4 Å². The van der Waals surface area contributed by atoms with E-state index in [1.807, 2.05) is 6.07 Å². The Kier molecular flexibility index (Phi) is 3.76. The molecule has 0 radical (unpaired) electrons. The zero-order valence-electron chi connectivity index (χ0n) is 14.3. The number of aliphatic hydroxyl groups excluding tert-OH is 1. The number of halogens is 1. The summed E-state index contributed by atoms with van der Waals surface area (Å²) >= 11 is 0. The van der Waals surface area contributed by atoms with Crippen LogP contribution in [0.15, 0.2) is 24.3 Å². The molecule has 1 aromatic carbocycles. The molecule has 2 aliphatic rings. The van der Waals surface area contributed by atoms with Crippen LogP contribution in [0.1, 0.15) is 19.8 Å². The number of anilines is 2. The van der Waals surface area contributed by atoms with E-state index in [9.17, 15) is 9.50 Å². The van der Waals surface area contributed by atoms with E-state index in [1.54, 1.807) is 12.1 Å². The fraction of sp³-hybridized carbons (Fsp3) is 0.444. The molecule has 132 valence electrons. The molecule has 0 saturated carbocycles. The molecule has 0 spiro atoms. The number of aliphatic hydroxyl groups is 1. The normalized spacial score (nSPS) is 24.5. The molecule has 1 fully saturated rings. The van der Waals surface area contributed by atoms with Gasteiger partial charge in [0.05, 0.1) is 30.1 Å². The number of nitrogens with zero attached hydrogens (tertiary/aromatic N) is 3. The Labute approximate surface area is 145 Å². The predicted molar refractivity (Wildman–Crippen MR) is 93.5 cm³/mol. The lowest BCUT2D eigenvalue weighted by Gasteiger charge is -2.43. The molecule has 25 heavy (non-hydrogen) atoms. The van der Waals surface area contributed by atoms with Gasteiger partial charge in [0.1, 0.15) is 0 Å². The number of ether oxygens (including phenoxy) is 1. The molecule has 2 aromatic rings. The Balaban J connectivity index is 1.82. The van der Waals surface area contributed by atoms with Crippen LogP contribution in [0, 0.1) is 5.82 Å². The molecular weight excluding hydrogens is 323 g/mol. The highest BCUT2D eigenvalue weighted by atomic mass is 19.1. The van der Waals surface area contributed by atoms with E-state index in [1.165, 1.54) is 13.2 Å². The molecule has 6 nitrogen and oxygen atoms in total. The maximum Gasteiger partial charge on any atom is 0.172 e. The van der Waals surface area contributed by atoms with Crippen LogP contribution in [-0.2, 0) is 0 Å². The topological polar surface area (TPSA) is 70.5 Å². The summed E-state index contributed by atoms with van der Waals surface area (Å²) in [6, 6.07) is 6.64. The first-order chi connectivity index (χ1) is 12.1. The Morgan fingerprint density at radius 2 is 2.28 bits per heavy atom. The molecule has 1 saturated heterocycles. The van der Waals surface area contributed by atoms with Crippen molar-refractivity contribution in [1.82, 2.24) is 10.2 Å². The van der Waals surface area contributed by atoms with Crippen LogP contribution in [-0.4, -0.2) is 47.1 Å². The molecule has 0 unspecified atom stereocenters. The van der Waals surface area contributed by atoms with E-state index < -0.39 is 5.82 Å². The fourth-order valence-electron chi connectivity index (χ4n) is 4.01. The summed E-state index contributed by atoms with van der Waals surface area (Å²) in [5, 5.41) is 22.1. The zero-order chi connectivity index (χ0) is 17.6. The Morgan fingerprint density at radius 3 is 3.04 bits per heavy atom. The minimum atomic E-state index is -0.433. The molecule has 2 N–H and O–H groups in total. The van der Waals surface area contributed by atoms with Crippen molar-refractivity contribution in [1.29, 1.82) is 0 Å². The second-order valence-electron chi connectivity index (χ2n) is 6.68. The summed E-state index contributed by atoms with van der Waals surface area (Å²) in [7, 11) is 1.44. The standard InChI is InChI=1S/C18H21FN4O2/c1-3-18-8-11(24)9-23(18)15-7-14(21-22-17(15)20-10-18)12-5-4-6-13(19)16(12)25-2/h4-7,11,24H,3,8-10H2,1-2H3,(H,20,22)/t11-,18-/m1/s1. The lowest BCUT2D eigenvalue weighted by molar-refractivity contribution is 0.184. The van der Waals surface area contributed by atoms with E-state index in [-0.39, 0.29) is 17.4 Å². The van der Waals surface area contributed by atoms with Gasteiger partial charge >= 0.3 is 0 Å². The molecule has 0 aliphatic carbocycles. The molecule has 1 aromatic heterocycles. The van der Waals surface area contributed by atoms with Gasteiger partial charge in [-0.2, -0.15) is 0 Å². The summed E-state index contributed by atoms with van der Waals surface area (Å²) in [6.07, 6.45) is 1.27. The molecule has 3 heterocycles. The molecule has 0 amide bonds. The SMILES string of the molecule is CC[C@@]12CNc3nnc(-c4cccc(F)c4OC)cc3N1C[C@H](O)C2. The number of fused-ring (bicyclic) bond motifs is 3. The number of rotatable bonds is 3. The van der Waals surface area contributed by atoms with Crippen LogP contribution >= 0.6 is 0 Å². The van der Waals surface area contributed by atoms with E-state index in [4.69, 9.17) is 4.74 Å². The first-order valence-electron chi connectivity index (χ1n) is 8.48. The first-order valence-corrected chi connectivity index (χ1v) is 8.48. The van der Waals surface area contributed by atoms with Crippen LogP contribution in [0.2, 0.25) is 0 Å². The van der Waals surface area contributed by atoms with E-state index >= 15 is 0 Å². The largest absolute Gasteiger partial charge is 0.493 e. The van der Waals surface area contributed by atoms with Gasteiger partial charge in [-0.15, -0.1) is 10.2 Å². The number of nitrogens with one attached hydrogen (secondary N) is 1. The van der Waals surface area contributed by atoms with Gasteiger partial charge in [0, 0.05) is 18.7 Å². The van der Waals surface area contributed by atoms with Crippen molar-refractivity contribution in [3.8, 4) is 17.0 Å². The average Bonchev–Trinajstić information content (AvgIpc) is 2.98. The monoisotopic (exact) mass is 344 g/mol. The third-order valence-electron chi connectivity index (χ3n) is 5.34. The van der Waals surface area contributed by atoms with Crippen LogP contribution < -0.4 is 15.0 Å². The third-order valence-corrected chi connectivity index (χ3v) is 5.34. The van der Waals surface area contributed by atoms with Crippen LogP contribution in [0.5, 0.6) is 5.75 Å². The first kappa shape index (κ1) is 16.1. The van der Waals surface area contributed by atoms with Crippen molar-refractivity contribution in [2.75, 3.05) is 30.4 Å². The number of methoxy groups -OCH3 is 1. The van der Waals surface area contributed by atoms with Crippen molar-refractivity contribution >= 4 is 11.5 Å². The van der Waals surface area contributed by atoms with Crippen molar-refractivity contribution in [3.05, 3.63) is 30.1 Å².